The van der Waals surface area contributed by atoms with E-state index >= 15 is 0 Å². The molecule has 1 spiro atoms. The smallest absolute Gasteiger partial charge is 0.0174 e. The summed E-state index contributed by atoms with van der Waals surface area (Å²) in [5.41, 5.74) is 3.77. The third-order valence-electron chi connectivity index (χ3n) is 5.58. The van der Waals surface area contributed by atoms with Crippen LogP contribution in [0.4, 0.5) is 0 Å². The average Bonchev–Trinajstić information content (AvgIpc) is 3.06. The van der Waals surface area contributed by atoms with Crippen molar-refractivity contribution in [1.82, 2.24) is 10.6 Å². The fourth-order valence-corrected chi connectivity index (χ4v) is 4.26. The Morgan fingerprint density at radius 2 is 1.90 bits per heavy atom. The van der Waals surface area contributed by atoms with Gasteiger partial charge in [0.05, 0.1) is 0 Å². The highest BCUT2D eigenvalue weighted by atomic mass is 35.5. The molecular weight excluding hydrogens is 303 g/mol. The SMILES string of the molecule is Cl.Cl.c1ccc2c(c1)CC[C@@]21C[C@H]1NCC1CCNCC1. The van der Waals surface area contributed by atoms with E-state index in [0.717, 1.165) is 12.0 Å². The molecule has 0 aromatic heterocycles. The number of nitrogens with one attached hydrogen (secondary N) is 2. The van der Waals surface area contributed by atoms with Crippen LogP contribution in [0, 0.1) is 5.92 Å². The fraction of sp³-hybridized carbons (Fsp3) is 0.647. The first-order valence-corrected chi connectivity index (χ1v) is 7.91. The van der Waals surface area contributed by atoms with Crippen molar-refractivity contribution in [3.05, 3.63) is 35.4 Å². The number of rotatable bonds is 3. The Kier molecular flexibility index (Phi) is 5.59. The summed E-state index contributed by atoms with van der Waals surface area (Å²) in [6, 6.07) is 9.86. The third-order valence-corrected chi connectivity index (χ3v) is 5.58. The number of hydrogen-bond donors (Lipinski definition) is 2. The molecule has 1 aliphatic heterocycles. The van der Waals surface area contributed by atoms with Gasteiger partial charge in [-0.1, -0.05) is 24.3 Å². The van der Waals surface area contributed by atoms with E-state index in [2.05, 4.69) is 34.9 Å². The topological polar surface area (TPSA) is 24.1 Å². The van der Waals surface area contributed by atoms with Crippen LogP contribution in [0.15, 0.2) is 24.3 Å². The Morgan fingerprint density at radius 3 is 2.71 bits per heavy atom. The van der Waals surface area contributed by atoms with Gasteiger partial charge in [-0.15, -0.1) is 24.8 Å². The van der Waals surface area contributed by atoms with Gasteiger partial charge in [0.15, 0.2) is 0 Å². The zero-order valence-corrected chi connectivity index (χ0v) is 14.1. The van der Waals surface area contributed by atoms with Crippen molar-refractivity contribution >= 4 is 24.8 Å². The van der Waals surface area contributed by atoms with E-state index in [1.54, 1.807) is 11.1 Å². The van der Waals surface area contributed by atoms with E-state index in [4.69, 9.17) is 0 Å². The molecule has 21 heavy (non-hydrogen) atoms. The molecule has 0 bridgehead atoms. The van der Waals surface area contributed by atoms with Crippen molar-refractivity contribution in [2.45, 2.75) is 43.6 Å². The summed E-state index contributed by atoms with van der Waals surface area (Å²) in [4.78, 5) is 0. The minimum atomic E-state index is 0. The van der Waals surface area contributed by atoms with Gasteiger partial charge in [0, 0.05) is 11.5 Å². The number of hydrogen-bond acceptors (Lipinski definition) is 2. The molecule has 2 nitrogen and oxygen atoms in total. The van der Waals surface area contributed by atoms with Gasteiger partial charge in [-0.05, 0) is 68.8 Å². The number of piperidine rings is 1. The van der Waals surface area contributed by atoms with Crippen LogP contribution >= 0.6 is 24.8 Å². The summed E-state index contributed by atoms with van der Waals surface area (Å²) in [6.07, 6.45) is 6.74. The molecule has 1 saturated carbocycles. The molecule has 2 atom stereocenters. The molecule has 0 unspecified atom stereocenters. The summed E-state index contributed by atoms with van der Waals surface area (Å²) >= 11 is 0. The van der Waals surface area contributed by atoms with Crippen molar-refractivity contribution in [2.24, 2.45) is 5.92 Å². The quantitative estimate of drug-likeness (QED) is 0.891. The standard InChI is InChI=1S/C17H24N2.2ClH/c1-2-4-15-14(3-1)5-8-17(15)11-16(17)19-12-13-6-9-18-10-7-13;;/h1-4,13,16,18-19H,5-12H2;2*1H/t16-,17-;;/m1../s1. The van der Waals surface area contributed by atoms with Crippen LogP contribution in [-0.4, -0.2) is 25.7 Å². The number of halogens is 2. The molecule has 3 aliphatic rings. The molecule has 1 aromatic rings. The van der Waals surface area contributed by atoms with E-state index in [-0.39, 0.29) is 24.8 Å². The van der Waals surface area contributed by atoms with Crippen molar-refractivity contribution in [2.75, 3.05) is 19.6 Å². The molecule has 0 radical (unpaired) electrons. The first-order valence-electron chi connectivity index (χ1n) is 7.91. The molecular formula is C17H26Cl2N2. The number of aryl methyl sites for hydroxylation is 1. The summed E-state index contributed by atoms with van der Waals surface area (Å²) in [5, 5.41) is 7.32. The maximum atomic E-state index is 3.87. The van der Waals surface area contributed by atoms with Crippen molar-refractivity contribution in [1.29, 1.82) is 0 Å². The first kappa shape index (κ1) is 17.1. The van der Waals surface area contributed by atoms with Crippen LogP contribution in [0.2, 0.25) is 0 Å². The lowest BCUT2D eigenvalue weighted by Gasteiger charge is -2.23. The Labute approximate surface area is 140 Å². The maximum absolute atomic E-state index is 3.87. The second-order valence-electron chi connectivity index (χ2n) is 6.67. The van der Waals surface area contributed by atoms with E-state index in [1.807, 2.05) is 0 Å². The lowest BCUT2D eigenvalue weighted by molar-refractivity contribution is 0.351. The van der Waals surface area contributed by atoms with Gasteiger partial charge in [-0.3, -0.25) is 0 Å². The molecule has 118 valence electrons. The number of fused-ring (bicyclic) bond motifs is 2. The van der Waals surface area contributed by atoms with Crippen molar-refractivity contribution < 1.29 is 0 Å². The lowest BCUT2D eigenvalue weighted by Crippen LogP contribution is -2.35. The lowest BCUT2D eigenvalue weighted by atomic mass is 9.96. The van der Waals surface area contributed by atoms with Gasteiger partial charge >= 0.3 is 0 Å². The Hall–Kier alpha value is -0.280. The largest absolute Gasteiger partial charge is 0.317 e. The highest BCUT2D eigenvalue weighted by Gasteiger charge is 2.57. The van der Waals surface area contributed by atoms with Crippen molar-refractivity contribution in [3.8, 4) is 0 Å². The van der Waals surface area contributed by atoms with E-state index in [1.165, 1.54) is 51.7 Å². The van der Waals surface area contributed by atoms with Gasteiger partial charge in [-0.2, -0.15) is 0 Å². The maximum Gasteiger partial charge on any atom is 0.0174 e. The van der Waals surface area contributed by atoms with Crippen LogP contribution in [-0.2, 0) is 11.8 Å². The predicted molar refractivity (Wildman–Crippen MR) is 92.9 cm³/mol. The summed E-state index contributed by atoms with van der Waals surface area (Å²) in [5.74, 6) is 0.899. The summed E-state index contributed by atoms with van der Waals surface area (Å²) in [7, 11) is 0. The monoisotopic (exact) mass is 328 g/mol. The highest BCUT2D eigenvalue weighted by molar-refractivity contribution is 5.85. The predicted octanol–water partition coefficient (Wildman–Crippen LogP) is 3.08. The summed E-state index contributed by atoms with van der Waals surface area (Å²) in [6.45, 7) is 3.66. The zero-order valence-electron chi connectivity index (χ0n) is 12.4. The zero-order chi connectivity index (χ0) is 12.7. The molecule has 1 heterocycles. The molecule has 1 aromatic carbocycles. The normalized spacial score (nSPS) is 30.4. The van der Waals surface area contributed by atoms with Crippen LogP contribution in [0.25, 0.3) is 0 Å². The Morgan fingerprint density at radius 1 is 1.14 bits per heavy atom. The van der Waals surface area contributed by atoms with Crippen molar-refractivity contribution in [3.63, 3.8) is 0 Å². The fourth-order valence-electron chi connectivity index (χ4n) is 4.26. The Bertz CT molecular complexity index is 474. The molecule has 1 saturated heterocycles. The van der Waals surface area contributed by atoms with Gasteiger partial charge < -0.3 is 10.6 Å². The van der Waals surface area contributed by atoms with Crippen LogP contribution in [0.1, 0.15) is 36.8 Å². The van der Waals surface area contributed by atoms with Gasteiger partial charge in [0.2, 0.25) is 0 Å². The molecule has 2 N–H and O–H groups in total. The van der Waals surface area contributed by atoms with Gasteiger partial charge in [0.1, 0.15) is 0 Å². The Balaban J connectivity index is 0.000000807. The minimum absolute atomic E-state index is 0. The molecule has 0 amide bonds. The second kappa shape index (κ2) is 6.87. The van der Waals surface area contributed by atoms with Crippen LogP contribution in [0.3, 0.4) is 0 Å². The molecule has 4 rings (SSSR count). The van der Waals surface area contributed by atoms with E-state index in [9.17, 15) is 0 Å². The summed E-state index contributed by atoms with van der Waals surface area (Å²) < 4.78 is 0. The number of benzene rings is 1. The van der Waals surface area contributed by atoms with Gasteiger partial charge in [-0.25, -0.2) is 0 Å². The van der Waals surface area contributed by atoms with Crippen LogP contribution < -0.4 is 10.6 Å². The first-order chi connectivity index (χ1) is 9.38. The van der Waals surface area contributed by atoms with E-state index in [0.29, 0.717) is 5.41 Å². The highest BCUT2D eigenvalue weighted by Crippen LogP contribution is 2.56. The van der Waals surface area contributed by atoms with Gasteiger partial charge in [0.25, 0.3) is 0 Å². The molecule has 2 aliphatic carbocycles. The van der Waals surface area contributed by atoms with E-state index < -0.39 is 0 Å². The van der Waals surface area contributed by atoms with Crippen LogP contribution in [0.5, 0.6) is 0 Å². The molecule has 2 fully saturated rings. The third kappa shape index (κ3) is 3.10. The second-order valence-corrected chi connectivity index (χ2v) is 6.67. The minimum Gasteiger partial charge on any atom is -0.317 e. The molecule has 4 heteroatoms. The average molecular weight is 329 g/mol.